The van der Waals surface area contributed by atoms with E-state index in [0.29, 0.717) is 31.5 Å². The number of rotatable bonds is 5. The monoisotopic (exact) mass is 402 g/mol. The van der Waals surface area contributed by atoms with Gasteiger partial charge < -0.3 is 15.2 Å². The number of carbonyl (C=O) groups excluding carboxylic acids is 1. The number of halogens is 3. The van der Waals surface area contributed by atoms with Crippen LogP contribution in [0.4, 0.5) is 13.2 Å². The molecule has 0 bridgehead atoms. The van der Waals surface area contributed by atoms with E-state index in [1.54, 1.807) is 24.0 Å². The predicted molar refractivity (Wildman–Crippen MR) is 94.3 cm³/mol. The molecule has 27 heavy (non-hydrogen) atoms. The standard InChI is InChI=1S/C16H21F3N6OS/c1-15(21-8-16(17,18)19)5-3-10(4-6-15)22-13(26)14-23-12(24-27-14)11-7-20-9-25(11)2/h7,9-10,21H,3-6,8H2,1-2H3,(H,22,26). The minimum atomic E-state index is -4.22. The molecule has 2 aromatic heterocycles. The number of nitrogens with zero attached hydrogens (tertiary/aromatic N) is 4. The van der Waals surface area contributed by atoms with Gasteiger partial charge in [-0.15, -0.1) is 0 Å². The third-order valence-electron chi connectivity index (χ3n) is 4.81. The highest BCUT2D eigenvalue weighted by Gasteiger charge is 2.36. The first-order valence-electron chi connectivity index (χ1n) is 8.58. The summed E-state index contributed by atoms with van der Waals surface area (Å²) in [5, 5.41) is 5.78. The van der Waals surface area contributed by atoms with Gasteiger partial charge in [0, 0.05) is 18.6 Å². The van der Waals surface area contributed by atoms with Crippen molar-refractivity contribution >= 4 is 17.4 Å². The number of alkyl halides is 3. The molecule has 0 aliphatic heterocycles. The molecule has 11 heteroatoms. The van der Waals surface area contributed by atoms with Gasteiger partial charge in [-0.2, -0.15) is 17.5 Å². The zero-order valence-corrected chi connectivity index (χ0v) is 15.8. The molecule has 0 aromatic carbocycles. The van der Waals surface area contributed by atoms with Crippen LogP contribution in [0.3, 0.4) is 0 Å². The van der Waals surface area contributed by atoms with Crippen molar-refractivity contribution in [2.45, 2.75) is 50.4 Å². The molecule has 0 atom stereocenters. The van der Waals surface area contributed by atoms with Crippen molar-refractivity contribution in [3.63, 3.8) is 0 Å². The smallest absolute Gasteiger partial charge is 0.347 e. The van der Waals surface area contributed by atoms with Gasteiger partial charge in [0.1, 0.15) is 5.69 Å². The minimum absolute atomic E-state index is 0.0812. The van der Waals surface area contributed by atoms with Gasteiger partial charge in [0.15, 0.2) is 5.82 Å². The Hall–Kier alpha value is -2.01. The average molecular weight is 402 g/mol. The highest BCUT2D eigenvalue weighted by Crippen LogP contribution is 2.29. The van der Waals surface area contributed by atoms with Crippen molar-refractivity contribution in [3.05, 3.63) is 17.5 Å². The predicted octanol–water partition coefficient (Wildman–Crippen LogP) is 2.52. The van der Waals surface area contributed by atoms with Gasteiger partial charge in [-0.1, -0.05) is 0 Å². The van der Waals surface area contributed by atoms with E-state index in [1.165, 1.54) is 0 Å². The first-order chi connectivity index (χ1) is 12.7. The summed E-state index contributed by atoms with van der Waals surface area (Å²) in [5.74, 6) is 0.135. The number of hydrogen-bond acceptors (Lipinski definition) is 6. The molecule has 1 saturated carbocycles. The molecule has 2 N–H and O–H groups in total. The quantitative estimate of drug-likeness (QED) is 0.803. The second-order valence-electron chi connectivity index (χ2n) is 7.09. The van der Waals surface area contributed by atoms with E-state index in [4.69, 9.17) is 0 Å². The van der Waals surface area contributed by atoms with Crippen LogP contribution in [0.2, 0.25) is 0 Å². The number of aromatic nitrogens is 4. The number of amides is 1. The zero-order chi connectivity index (χ0) is 19.7. The maximum Gasteiger partial charge on any atom is 0.401 e. The van der Waals surface area contributed by atoms with Gasteiger partial charge in [0.2, 0.25) is 5.01 Å². The molecule has 7 nitrogen and oxygen atoms in total. The van der Waals surface area contributed by atoms with Crippen LogP contribution in [-0.4, -0.2) is 49.1 Å². The SMILES string of the molecule is Cn1cncc1-c1nsc(C(=O)NC2CCC(C)(NCC(F)(F)F)CC2)n1. The molecule has 3 rings (SSSR count). The number of nitrogens with one attached hydrogen (secondary N) is 2. The fourth-order valence-corrected chi connectivity index (χ4v) is 3.71. The minimum Gasteiger partial charge on any atom is -0.347 e. The summed E-state index contributed by atoms with van der Waals surface area (Å²) in [6.45, 7) is 0.795. The molecule has 0 unspecified atom stereocenters. The van der Waals surface area contributed by atoms with E-state index in [0.717, 1.165) is 17.2 Å². The Morgan fingerprint density at radius 1 is 1.41 bits per heavy atom. The maximum atomic E-state index is 12.4. The molecule has 0 saturated heterocycles. The lowest BCUT2D eigenvalue weighted by Crippen LogP contribution is -2.51. The van der Waals surface area contributed by atoms with Crippen LogP contribution >= 0.6 is 11.5 Å². The van der Waals surface area contributed by atoms with Crippen LogP contribution in [0.1, 0.15) is 42.4 Å². The number of aryl methyl sites for hydroxylation is 1. The Labute approximate surface area is 158 Å². The Morgan fingerprint density at radius 3 is 2.70 bits per heavy atom. The second-order valence-corrected chi connectivity index (χ2v) is 7.84. The maximum absolute atomic E-state index is 12.4. The van der Waals surface area contributed by atoms with Gasteiger partial charge in [-0.25, -0.2) is 9.97 Å². The summed E-state index contributed by atoms with van der Waals surface area (Å²) >= 11 is 1.01. The molecule has 2 aromatic rings. The second kappa shape index (κ2) is 7.55. The van der Waals surface area contributed by atoms with Gasteiger partial charge in [0.05, 0.1) is 19.1 Å². The molecule has 1 aliphatic carbocycles. The van der Waals surface area contributed by atoms with Crippen LogP contribution in [0.25, 0.3) is 11.5 Å². The van der Waals surface area contributed by atoms with Crippen molar-refractivity contribution in [2.75, 3.05) is 6.54 Å². The van der Waals surface area contributed by atoms with Crippen LogP contribution in [-0.2, 0) is 7.05 Å². The molecule has 0 radical (unpaired) electrons. The highest BCUT2D eigenvalue weighted by molar-refractivity contribution is 7.07. The average Bonchev–Trinajstić information content (AvgIpc) is 3.23. The van der Waals surface area contributed by atoms with Crippen molar-refractivity contribution in [1.82, 2.24) is 29.5 Å². The summed E-state index contributed by atoms with van der Waals surface area (Å²) < 4.78 is 43.2. The first-order valence-corrected chi connectivity index (χ1v) is 9.36. The first kappa shape index (κ1) is 19.7. The number of carbonyl (C=O) groups is 1. The summed E-state index contributed by atoms with van der Waals surface area (Å²) in [7, 11) is 1.81. The highest BCUT2D eigenvalue weighted by atomic mass is 32.1. The van der Waals surface area contributed by atoms with Crippen LogP contribution < -0.4 is 10.6 Å². The molecule has 1 fully saturated rings. The van der Waals surface area contributed by atoms with E-state index in [1.807, 2.05) is 7.05 Å². The lowest BCUT2D eigenvalue weighted by molar-refractivity contribution is -0.129. The summed E-state index contributed by atoms with van der Waals surface area (Å²) in [6.07, 6.45) is 1.37. The summed E-state index contributed by atoms with van der Waals surface area (Å²) in [4.78, 5) is 20.7. The van der Waals surface area contributed by atoms with E-state index >= 15 is 0 Å². The normalized spacial score (nSPS) is 23.4. The zero-order valence-electron chi connectivity index (χ0n) is 15.0. The van der Waals surface area contributed by atoms with Crippen LogP contribution in [0.15, 0.2) is 12.5 Å². The molecule has 2 heterocycles. The Bertz CT molecular complexity index is 794. The van der Waals surface area contributed by atoms with Crippen molar-refractivity contribution in [2.24, 2.45) is 7.05 Å². The van der Waals surface area contributed by atoms with E-state index in [2.05, 4.69) is 25.0 Å². The van der Waals surface area contributed by atoms with Crippen LogP contribution in [0, 0.1) is 0 Å². The van der Waals surface area contributed by atoms with Crippen molar-refractivity contribution < 1.29 is 18.0 Å². The lowest BCUT2D eigenvalue weighted by atomic mass is 9.80. The van der Waals surface area contributed by atoms with E-state index in [-0.39, 0.29) is 17.0 Å². The van der Waals surface area contributed by atoms with E-state index in [9.17, 15) is 18.0 Å². The Morgan fingerprint density at radius 2 is 2.11 bits per heavy atom. The topological polar surface area (TPSA) is 84.7 Å². The van der Waals surface area contributed by atoms with Gasteiger partial charge in [-0.3, -0.25) is 4.79 Å². The van der Waals surface area contributed by atoms with Gasteiger partial charge in [0.25, 0.3) is 5.91 Å². The molecule has 1 amide bonds. The third kappa shape index (κ3) is 5.04. The van der Waals surface area contributed by atoms with Crippen molar-refractivity contribution in [1.29, 1.82) is 0 Å². The summed E-state index contributed by atoms with van der Waals surface area (Å²) in [5.41, 5.74) is 0.154. The van der Waals surface area contributed by atoms with Gasteiger partial charge >= 0.3 is 6.18 Å². The number of hydrogen-bond donors (Lipinski definition) is 2. The fourth-order valence-electron chi connectivity index (χ4n) is 3.13. The number of imidazole rings is 1. The van der Waals surface area contributed by atoms with Gasteiger partial charge in [-0.05, 0) is 44.1 Å². The Kier molecular flexibility index (Phi) is 5.52. The Balaban J connectivity index is 1.53. The molecular weight excluding hydrogens is 381 g/mol. The fraction of sp³-hybridized carbons (Fsp3) is 0.625. The third-order valence-corrected chi connectivity index (χ3v) is 5.52. The van der Waals surface area contributed by atoms with Crippen molar-refractivity contribution in [3.8, 4) is 11.5 Å². The molecule has 1 aliphatic rings. The van der Waals surface area contributed by atoms with E-state index < -0.39 is 18.3 Å². The van der Waals surface area contributed by atoms with Crippen LogP contribution in [0.5, 0.6) is 0 Å². The molecule has 0 spiro atoms. The molecular formula is C16H21F3N6OS. The summed E-state index contributed by atoms with van der Waals surface area (Å²) in [6, 6.07) is -0.0812. The largest absolute Gasteiger partial charge is 0.401 e. The lowest BCUT2D eigenvalue weighted by Gasteiger charge is -2.38. The molecule has 148 valence electrons.